The second-order valence-electron chi connectivity index (χ2n) is 7.51. The number of guanidine groups is 1. The average Bonchev–Trinajstić information content (AvgIpc) is 2.78. The van der Waals surface area contributed by atoms with Crippen LogP contribution in [-0.4, -0.2) is 57.4 Å². The van der Waals surface area contributed by atoms with Crippen LogP contribution in [0.1, 0.15) is 29.7 Å². The van der Waals surface area contributed by atoms with E-state index in [9.17, 15) is 0 Å². The molecule has 0 spiro atoms. The third-order valence-electron chi connectivity index (χ3n) is 5.27. The highest BCUT2D eigenvalue weighted by molar-refractivity contribution is 5.79. The van der Waals surface area contributed by atoms with Gasteiger partial charge in [0.25, 0.3) is 0 Å². The Morgan fingerprint density at radius 3 is 2.67 bits per heavy atom. The van der Waals surface area contributed by atoms with Gasteiger partial charge in [0.15, 0.2) is 5.96 Å². The molecular formula is C24H34N4O2. The maximum absolute atomic E-state index is 5.57. The van der Waals surface area contributed by atoms with Crippen LogP contribution >= 0.6 is 0 Å². The first-order valence-corrected chi connectivity index (χ1v) is 10.7. The quantitative estimate of drug-likeness (QED) is 0.517. The Bertz CT molecular complexity index is 818. The minimum absolute atomic E-state index is 0.273. The molecule has 2 aromatic rings. The summed E-state index contributed by atoms with van der Waals surface area (Å²) in [4.78, 5) is 7.28. The van der Waals surface area contributed by atoms with Crippen molar-refractivity contribution >= 4 is 5.96 Å². The van der Waals surface area contributed by atoms with Crippen molar-refractivity contribution in [2.75, 3.05) is 46.5 Å². The van der Waals surface area contributed by atoms with Gasteiger partial charge in [0.05, 0.1) is 32.9 Å². The number of aliphatic imine (C=N–C) groups is 1. The fourth-order valence-electron chi connectivity index (χ4n) is 3.70. The summed E-state index contributed by atoms with van der Waals surface area (Å²) in [5.74, 6) is 1.68. The molecule has 0 saturated carbocycles. The number of benzene rings is 2. The number of methoxy groups -OCH3 is 1. The highest BCUT2D eigenvalue weighted by atomic mass is 16.5. The Hall–Kier alpha value is -2.57. The van der Waals surface area contributed by atoms with Crippen LogP contribution < -0.4 is 15.4 Å². The summed E-state index contributed by atoms with van der Waals surface area (Å²) in [6.07, 6.45) is 0. The molecule has 0 bridgehead atoms. The minimum Gasteiger partial charge on any atom is -0.497 e. The summed E-state index contributed by atoms with van der Waals surface area (Å²) in [6.45, 7) is 9.88. The molecule has 1 fully saturated rings. The molecule has 0 radical (unpaired) electrons. The number of nitrogens with one attached hydrogen (secondary N) is 2. The molecule has 1 atom stereocenters. The molecule has 3 rings (SSSR count). The van der Waals surface area contributed by atoms with Crippen LogP contribution in [0, 0.1) is 6.92 Å². The van der Waals surface area contributed by atoms with E-state index in [0.717, 1.165) is 56.7 Å². The van der Waals surface area contributed by atoms with E-state index in [1.54, 1.807) is 7.11 Å². The number of nitrogens with zero attached hydrogens (tertiary/aromatic N) is 2. The first kappa shape index (κ1) is 22.1. The second kappa shape index (κ2) is 11.6. The Kier molecular flexibility index (Phi) is 8.53. The van der Waals surface area contributed by atoms with Gasteiger partial charge in [-0.25, -0.2) is 4.99 Å². The highest BCUT2D eigenvalue weighted by Gasteiger charge is 2.23. The Morgan fingerprint density at radius 2 is 1.93 bits per heavy atom. The van der Waals surface area contributed by atoms with E-state index in [4.69, 9.17) is 14.5 Å². The number of ether oxygens (including phenoxy) is 2. The van der Waals surface area contributed by atoms with Crippen LogP contribution in [0.5, 0.6) is 5.75 Å². The van der Waals surface area contributed by atoms with E-state index in [-0.39, 0.29) is 6.04 Å². The molecule has 1 heterocycles. The lowest BCUT2D eigenvalue weighted by Gasteiger charge is -2.35. The fourth-order valence-corrected chi connectivity index (χ4v) is 3.70. The number of rotatable bonds is 8. The summed E-state index contributed by atoms with van der Waals surface area (Å²) in [5.41, 5.74) is 3.73. The molecule has 1 aliphatic rings. The van der Waals surface area contributed by atoms with Gasteiger partial charge in [0.2, 0.25) is 0 Å². The Morgan fingerprint density at radius 1 is 1.13 bits per heavy atom. The molecule has 0 aliphatic carbocycles. The van der Waals surface area contributed by atoms with Gasteiger partial charge in [-0.2, -0.15) is 0 Å². The predicted molar refractivity (Wildman–Crippen MR) is 122 cm³/mol. The van der Waals surface area contributed by atoms with E-state index in [1.807, 2.05) is 18.2 Å². The van der Waals surface area contributed by atoms with E-state index < -0.39 is 0 Å². The predicted octanol–water partition coefficient (Wildman–Crippen LogP) is 3.13. The molecule has 2 N–H and O–H groups in total. The van der Waals surface area contributed by atoms with Crippen molar-refractivity contribution < 1.29 is 9.47 Å². The van der Waals surface area contributed by atoms with E-state index in [1.165, 1.54) is 11.1 Å². The number of hydrogen-bond acceptors (Lipinski definition) is 4. The lowest BCUT2D eigenvalue weighted by atomic mass is 10.0. The standard InChI is InChI=1S/C24H34N4O2/c1-4-25-24(26-17-20-8-6-10-22(16-20)29-3)27-18-23(28-11-13-30-14-12-28)21-9-5-7-19(2)15-21/h5-10,15-16,23H,4,11-14,17-18H2,1-3H3,(H2,25,26,27). The molecule has 6 heteroatoms. The Balaban J connectivity index is 1.71. The number of hydrogen-bond donors (Lipinski definition) is 2. The zero-order chi connectivity index (χ0) is 21.2. The highest BCUT2D eigenvalue weighted by Crippen LogP contribution is 2.22. The summed E-state index contributed by atoms with van der Waals surface area (Å²) >= 11 is 0. The van der Waals surface area contributed by atoms with Crippen LogP contribution in [0.15, 0.2) is 53.5 Å². The van der Waals surface area contributed by atoms with Crippen molar-refractivity contribution in [1.82, 2.24) is 15.5 Å². The largest absolute Gasteiger partial charge is 0.497 e. The van der Waals surface area contributed by atoms with Crippen molar-refractivity contribution in [2.45, 2.75) is 26.4 Å². The molecule has 1 unspecified atom stereocenters. The molecule has 6 nitrogen and oxygen atoms in total. The molecule has 30 heavy (non-hydrogen) atoms. The van der Waals surface area contributed by atoms with E-state index in [0.29, 0.717) is 6.54 Å². The first-order valence-electron chi connectivity index (χ1n) is 10.7. The zero-order valence-corrected chi connectivity index (χ0v) is 18.4. The van der Waals surface area contributed by atoms with Crippen LogP contribution in [0.25, 0.3) is 0 Å². The van der Waals surface area contributed by atoms with Gasteiger partial charge in [-0.15, -0.1) is 0 Å². The molecule has 162 valence electrons. The SMILES string of the molecule is CCNC(=NCc1cccc(OC)c1)NCC(c1cccc(C)c1)N1CCOCC1. The van der Waals surface area contributed by atoms with Crippen LogP contribution in [0.2, 0.25) is 0 Å². The summed E-state index contributed by atoms with van der Waals surface area (Å²) < 4.78 is 10.9. The van der Waals surface area contributed by atoms with Gasteiger partial charge in [-0.05, 0) is 37.1 Å². The summed E-state index contributed by atoms with van der Waals surface area (Å²) in [6, 6.07) is 17.1. The van der Waals surface area contributed by atoms with Crippen LogP contribution in [0.4, 0.5) is 0 Å². The van der Waals surface area contributed by atoms with Gasteiger partial charge >= 0.3 is 0 Å². The topological polar surface area (TPSA) is 58.1 Å². The van der Waals surface area contributed by atoms with Gasteiger partial charge < -0.3 is 20.1 Å². The molecule has 0 aromatic heterocycles. The van der Waals surface area contributed by atoms with Crippen LogP contribution in [-0.2, 0) is 11.3 Å². The van der Waals surface area contributed by atoms with Gasteiger partial charge in [0.1, 0.15) is 5.75 Å². The van der Waals surface area contributed by atoms with E-state index >= 15 is 0 Å². The maximum Gasteiger partial charge on any atom is 0.191 e. The molecule has 1 aliphatic heterocycles. The van der Waals surface area contributed by atoms with Crippen molar-refractivity contribution in [3.63, 3.8) is 0 Å². The van der Waals surface area contributed by atoms with E-state index in [2.05, 4.69) is 59.7 Å². The zero-order valence-electron chi connectivity index (χ0n) is 18.4. The molecule has 0 amide bonds. The Labute approximate surface area is 180 Å². The average molecular weight is 411 g/mol. The molecule has 2 aromatic carbocycles. The van der Waals surface area contributed by atoms with Crippen molar-refractivity contribution in [3.8, 4) is 5.75 Å². The number of aryl methyl sites for hydroxylation is 1. The lowest BCUT2D eigenvalue weighted by molar-refractivity contribution is 0.0170. The van der Waals surface area contributed by atoms with Gasteiger partial charge in [-0.1, -0.05) is 42.0 Å². The van der Waals surface area contributed by atoms with Crippen molar-refractivity contribution in [3.05, 3.63) is 65.2 Å². The van der Waals surface area contributed by atoms with Gasteiger partial charge in [-0.3, -0.25) is 4.90 Å². The summed E-state index contributed by atoms with van der Waals surface area (Å²) in [5, 5.41) is 6.93. The molecule has 1 saturated heterocycles. The first-order chi connectivity index (χ1) is 14.7. The third-order valence-corrected chi connectivity index (χ3v) is 5.27. The second-order valence-corrected chi connectivity index (χ2v) is 7.51. The maximum atomic E-state index is 5.57. The molecular weight excluding hydrogens is 376 g/mol. The van der Waals surface area contributed by atoms with Crippen molar-refractivity contribution in [2.24, 2.45) is 4.99 Å². The lowest BCUT2D eigenvalue weighted by Crippen LogP contribution is -2.46. The third kappa shape index (κ3) is 6.47. The fraction of sp³-hybridized carbons (Fsp3) is 0.458. The smallest absolute Gasteiger partial charge is 0.191 e. The number of morpholine rings is 1. The van der Waals surface area contributed by atoms with Crippen molar-refractivity contribution in [1.29, 1.82) is 0 Å². The summed E-state index contributed by atoms with van der Waals surface area (Å²) in [7, 11) is 1.69. The monoisotopic (exact) mass is 410 g/mol. The van der Waals surface area contributed by atoms with Crippen LogP contribution in [0.3, 0.4) is 0 Å². The minimum atomic E-state index is 0.273. The van der Waals surface area contributed by atoms with Gasteiger partial charge in [0, 0.05) is 26.2 Å². The normalized spacial score (nSPS) is 16.2.